The molecule has 0 unspecified atom stereocenters. The van der Waals surface area contributed by atoms with E-state index < -0.39 is 5.91 Å². The Balaban J connectivity index is 2.13. The van der Waals surface area contributed by atoms with Crippen LogP contribution in [0.4, 0.5) is 5.69 Å². The van der Waals surface area contributed by atoms with Gasteiger partial charge in [-0.3, -0.25) is 4.79 Å². The highest BCUT2D eigenvalue weighted by Gasteiger charge is 2.09. The standard InChI is InChI=1S/C15H12IN3O2/c16-12-5-10(7-17)6-13(18)14(12)21-8-9-1-3-11(4-2-9)15(19)20/h1-6H,8,18H2,(H2,19,20). The number of hydrogen-bond donors (Lipinski definition) is 2. The molecule has 4 N–H and O–H groups in total. The van der Waals surface area contributed by atoms with Crippen molar-refractivity contribution in [2.75, 3.05) is 5.73 Å². The predicted octanol–water partition coefficient (Wildman–Crippen LogP) is 2.42. The molecule has 2 rings (SSSR count). The number of rotatable bonds is 4. The van der Waals surface area contributed by atoms with Crippen molar-refractivity contribution >= 4 is 34.2 Å². The van der Waals surface area contributed by atoms with E-state index in [1.165, 1.54) is 0 Å². The number of nitriles is 1. The smallest absolute Gasteiger partial charge is 0.248 e. The van der Waals surface area contributed by atoms with Gasteiger partial charge in [0.2, 0.25) is 5.91 Å². The summed E-state index contributed by atoms with van der Waals surface area (Å²) in [5.74, 6) is 0.0851. The third-order valence-electron chi connectivity index (χ3n) is 2.82. The number of nitrogens with zero attached hydrogens (tertiary/aromatic N) is 1. The maximum absolute atomic E-state index is 11.0. The molecule has 2 aromatic rings. The van der Waals surface area contributed by atoms with E-state index in [1.54, 1.807) is 36.4 Å². The lowest BCUT2D eigenvalue weighted by Gasteiger charge is -2.11. The maximum Gasteiger partial charge on any atom is 0.248 e. The van der Waals surface area contributed by atoms with Crippen molar-refractivity contribution in [3.63, 3.8) is 0 Å². The van der Waals surface area contributed by atoms with Gasteiger partial charge in [0.25, 0.3) is 0 Å². The Bertz CT molecular complexity index is 698. The van der Waals surface area contributed by atoms with Crippen molar-refractivity contribution in [2.24, 2.45) is 5.73 Å². The number of primary amides is 1. The van der Waals surface area contributed by atoms with E-state index in [9.17, 15) is 4.79 Å². The van der Waals surface area contributed by atoms with Crippen LogP contribution in [0.15, 0.2) is 36.4 Å². The van der Waals surface area contributed by atoms with Gasteiger partial charge in [0.15, 0.2) is 5.75 Å². The number of nitrogens with two attached hydrogens (primary N) is 2. The van der Waals surface area contributed by atoms with Crippen LogP contribution in [0.1, 0.15) is 21.5 Å². The summed E-state index contributed by atoms with van der Waals surface area (Å²) in [4.78, 5) is 11.0. The minimum atomic E-state index is -0.464. The molecule has 0 heterocycles. The van der Waals surface area contributed by atoms with Crippen LogP contribution in [0.3, 0.4) is 0 Å². The van der Waals surface area contributed by atoms with Gasteiger partial charge < -0.3 is 16.2 Å². The van der Waals surface area contributed by atoms with E-state index in [0.29, 0.717) is 29.2 Å². The minimum Gasteiger partial charge on any atom is -0.486 e. The van der Waals surface area contributed by atoms with Gasteiger partial charge in [-0.15, -0.1) is 0 Å². The van der Waals surface area contributed by atoms with Crippen molar-refractivity contribution in [3.05, 3.63) is 56.7 Å². The van der Waals surface area contributed by atoms with Crippen LogP contribution in [-0.4, -0.2) is 5.91 Å². The number of benzene rings is 2. The second-order valence-corrected chi connectivity index (χ2v) is 5.50. The fraction of sp³-hybridized carbons (Fsp3) is 0.0667. The van der Waals surface area contributed by atoms with Crippen molar-refractivity contribution in [3.8, 4) is 11.8 Å². The van der Waals surface area contributed by atoms with Crippen LogP contribution in [-0.2, 0) is 6.61 Å². The fourth-order valence-corrected chi connectivity index (χ4v) is 2.55. The number of halogens is 1. The zero-order chi connectivity index (χ0) is 15.4. The van der Waals surface area contributed by atoms with Crippen LogP contribution >= 0.6 is 22.6 Å². The fourth-order valence-electron chi connectivity index (χ4n) is 1.75. The Morgan fingerprint density at radius 1 is 1.29 bits per heavy atom. The van der Waals surface area contributed by atoms with Crippen LogP contribution in [0.5, 0.6) is 5.75 Å². The third kappa shape index (κ3) is 3.64. The zero-order valence-corrected chi connectivity index (χ0v) is 13.1. The molecule has 0 bridgehead atoms. The summed E-state index contributed by atoms with van der Waals surface area (Å²) in [5.41, 5.74) is 13.3. The summed E-state index contributed by atoms with van der Waals surface area (Å²) in [6.45, 7) is 0.311. The van der Waals surface area contributed by atoms with E-state index in [1.807, 2.05) is 6.07 Å². The third-order valence-corrected chi connectivity index (χ3v) is 3.62. The van der Waals surface area contributed by atoms with Gasteiger partial charge in [-0.2, -0.15) is 5.26 Å². The van der Waals surface area contributed by atoms with Gasteiger partial charge in [0.1, 0.15) is 6.61 Å². The van der Waals surface area contributed by atoms with Crippen LogP contribution in [0.2, 0.25) is 0 Å². The molecule has 0 saturated carbocycles. The van der Waals surface area contributed by atoms with Gasteiger partial charge in [-0.05, 0) is 52.4 Å². The molecule has 0 aliphatic rings. The lowest BCUT2D eigenvalue weighted by Crippen LogP contribution is -2.10. The Labute approximate surface area is 135 Å². The summed E-state index contributed by atoms with van der Waals surface area (Å²) >= 11 is 2.07. The molecule has 5 nitrogen and oxygen atoms in total. The first-order chi connectivity index (χ1) is 10.0. The summed E-state index contributed by atoms with van der Waals surface area (Å²) in [6, 6.07) is 12.2. The van der Waals surface area contributed by atoms with Crippen molar-refractivity contribution in [1.29, 1.82) is 5.26 Å². The van der Waals surface area contributed by atoms with E-state index >= 15 is 0 Å². The molecule has 0 radical (unpaired) electrons. The van der Waals surface area contributed by atoms with E-state index in [-0.39, 0.29) is 0 Å². The van der Waals surface area contributed by atoms with Gasteiger partial charge >= 0.3 is 0 Å². The Kier molecular flexibility index (Phi) is 4.65. The summed E-state index contributed by atoms with van der Waals surface area (Å²) < 4.78 is 6.47. The van der Waals surface area contributed by atoms with E-state index in [4.69, 9.17) is 21.5 Å². The average molecular weight is 393 g/mol. The van der Waals surface area contributed by atoms with Crippen molar-refractivity contribution in [2.45, 2.75) is 6.61 Å². The van der Waals surface area contributed by atoms with Gasteiger partial charge in [-0.25, -0.2) is 0 Å². The first-order valence-corrected chi connectivity index (χ1v) is 7.10. The van der Waals surface area contributed by atoms with E-state index in [0.717, 1.165) is 9.13 Å². The van der Waals surface area contributed by atoms with E-state index in [2.05, 4.69) is 22.6 Å². The average Bonchev–Trinajstić information content (AvgIpc) is 2.46. The Morgan fingerprint density at radius 2 is 1.95 bits per heavy atom. The number of ether oxygens (including phenoxy) is 1. The highest BCUT2D eigenvalue weighted by atomic mass is 127. The van der Waals surface area contributed by atoms with Crippen molar-refractivity contribution in [1.82, 2.24) is 0 Å². The van der Waals surface area contributed by atoms with Crippen LogP contribution < -0.4 is 16.2 Å². The number of carbonyl (C=O) groups excluding carboxylic acids is 1. The molecule has 2 aromatic carbocycles. The Morgan fingerprint density at radius 3 is 2.48 bits per heavy atom. The molecule has 0 fully saturated rings. The highest BCUT2D eigenvalue weighted by molar-refractivity contribution is 14.1. The lowest BCUT2D eigenvalue weighted by atomic mass is 10.1. The number of hydrogen-bond acceptors (Lipinski definition) is 4. The largest absolute Gasteiger partial charge is 0.486 e. The van der Waals surface area contributed by atoms with Crippen LogP contribution in [0.25, 0.3) is 0 Å². The Hall–Kier alpha value is -2.27. The molecular formula is C15H12IN3O2. The quantitative estimate of drug-likeness (QED) is 0.615. The maximum atomic E-state index is 11.0. The summed E-state index contributed by atoms with van der Waals surface area (Å²) in [6.07, 6.45) is 0. The molecular weight excluding hydrogens is 381 g/mol. The lowest BCUT2D eigenvalue weighted by molar-refractivity contribution is 0.1000. The number of nitrogen functional groups attached to an aromatic ring is 1. The van der Waals surface area contributed by atoms with Gasteiger partial charge in [-0.1, -0.05) is 12.1 Å². The monoisotopic (exact) mass is 393 g/mol. The van der Waals surface area contributed by atoms with Crippen LogP contribution in [0, 0.1) is 14.9 Å². The molecule has 0 aromatic heterocycles. The normalized spacial score (nSPS) is 9.90. The molecule has 0 saturated heterocycles. The SMILES string of the molecule is N#Cc1cc(N)c(OCc2ccc(C(N)=O)cc2)c(I)c1. The first-order valence-electron chi connectivity index (χ1n) is 6.02. The van der Waals surface area contributed by atoms with Gasteiger partial charge in [0, 0.05) is 5.56 Å². The zero-order valence-electron chi connectivity index (χ0n) is 11.0. The first kappa shape index (κ1) is 15.1. The van der Waals surface area contributed by atoms with Gasteiger partial charge in [0.05, 0.1) is 20.9 Å². The molecule has 0 atom stereocenters. The topological polar surface area (TPSA) is 102 Å². The second kappa shape index (κ2) is 6.45. The summed E-state index contributed by atoms with van der Waals surface area (Å²) in [5, 5.41) is 8.87. The molecule has 106 valence electrons. The second-order valence-electron chi connectivity index (χ2n) is 4.34. The molecule has 6 heteroatoms. The number of anilines is 1. The molecule has 0 aliphatic carbocycles. The summed E-state index contributed by atoms with van der Waals surface area (Å²) in [7, 11) is 0. The highest BCUT2D eigenvalue weighted by Crippen LogP contribution is 2.30. The minimum absolute atomic E-state index is 0.311. The molecule has 0 spiro atoms. The molecule has 1 amide bonds. The molecule has 0 aliphatic heterocycles. The number of amides is 1. The number of carbonyl (C=O) groups is 1. The predicted molar refractivity (Wildman–Crippen MR) is 87.6 cm³/mol. The van der Waals surface area contributed by atoms with Crippen molar-refractivity contribution < 1.29 is 9.53 Å². The molecule has 21 heavy (non-hydrogen) atoms.